The predicted molar refractivity (Wildman–Crippen MR) is 122 cm³/mol. The molecule has 0 N–H and O–H groups in total. The summed E-state index contributed by atoms with van der Waals surface area (Å²) in [6, 6.07) is 19.3. The van der Waals surface area contributed by atoms with E-state index in [9.17, 15) is 10.1 Å². The zero-order chi connectivity index (χ0) is 22.8. The van der Waals surface area contributed by atoms with Crippen LogP contribution < -0.4 is 9.47 Å². The number of rotatable bonds is 5. The first-order valence-corrected chi connectivity index (χ1v) is 11.1. The van der Waals surface area contributed by atoms with E-state index in [-0.39, 0.29) is 5.91 Å². The summed E-state index contributed by atoms with van der Waals surface area (Å²) in [6.45, 7) is 1.91. The number of nitriles is 1. The lowest BCUT2D eigenvalue weighted by Crippen LogP contribution is -2.50. The third-order valence-corrected chi connectivity index (χ3v) is 6.40. The summed E-state index contributed by atoms with van der Waals surface area (Å²) in [6.07, 6.45) is 3.45. The molecule has 0 bridgehead atoms. The molecule has 0 aliphatic carbocycles. The van der Waals surface area contributed by atoms with Crippen LogP contribution in [0.1, 0.15) is 34.5 Å². The third-order valence-electron chi connectivity index (χ3n) is 6.40. The lowest BCUT2D eigenvalue weighted by molar-refractivity contribution is -0.00931. The van der Waals surface area contributed by atoms with E-state index in [0.29, 0.717) is 56.0 Å². The molecule has 7 nitrogen and oxygen atoms in total. The molecule has 0 atom stereocenters. The van der Waals surface area contributed by atoms with Crippen molar-refractivity contribution in [3.05, 3.63) is 77.6 Å². The summed E-state index contributed by atoms with van der Waals surface area (Å²) in [5, 5.41) is 9.51. The van der Waals surface area contributed by atoms with Gasteiger partial charge in [0.1, 0.15) is 24.2 Å². The van der Waals surface area contributed by atoms with Crippen LogP contribution in [0.2, 0.25) is 0 Å². The van der Waals surface area contributed by atoms with Crippen LogP contribution in [0.25, 0.3) is 5.69 Å². The Hall–Kier alpha value is -3.76. The standard InChI is InChI=1S/C26H25N3O4/c1-31-15-16-32-22-9-8-19(17-20(22)18-27)25(30)28-13-10-26(11-14-28)24-7-4-12-29(24)21-5-2-3-6-23(21)33-26/h2-9,12,17H,10-11,13-16H2,1H3. The molecule has 7 heteroatoms. The van der Waals surface area contributed by atoms with E-state index in [1.165, 1.54) is 0 Å². The molecule has 0 unspecified atom stereocenters. The van der Waals surface area contributed by atoms with Gasteiger partial charge in [-0.05, 0) is 42.5 Å². The van der Waals surface area contributed by atoms with Gasteiger partial charge < -0.3 is 23.7 Å². The van der Waals surface area contributed by atoms with Gasteiger partial charge in [-0.25, -0.2) is 0 Å². The van der Waals surface area contributed by atoms with Crippen molar-refractivity contribution in [2.75, 3.05) is 33.4 Å². The van der Waals surface area contributed by atoms with E-state index in [4.69, 9.17) is 14.2 Å². The van der Waals surface area contributed by atoms with Gasteiger partial charge >= 0.3 is 0 Å². The second-order valence-corrected chi connectivity index (χ2v) is 8.28. The molecule has 1 aromatic heterocycles. The molecule has 33 heavy (non-hydrogen) atoms. The average molecular weight is 444 g/mol. The number of ether oxygens (including phenoxy) is 3. The number of carbonyl (C=O) groups excluding carboxylic acids is 1. The van der Waals surface area contributed by atoms with Gasteiger partial charge in [-0.1, -0.05) is 12.1 Å². The highest BCUT2D eigenvalue weighted by Crippen LogP contribution is 2.45. The largest absolute Gasteiger partial charge is 0.490 e. The van der Waals surface area contributed by atoms with E-state index in [2.05, 4.69) is 29.0 Å². The molecule has 5 rings (SSSR count). The Balaban J connectivity index is 1.32. The van der Waals surface area contributed by atoms with Crippen molar-refractivity contribution in [1.29, 1.82) is 5.26 Å². The molecular formula is C26H25N3O4. The Kier molecular flexibility index (Phi) is 5.53. The van der Waals surface area contributed by atoms with E-state index in [0.717, 1.165) is 17.1 Å². The number of aromatic nitrogens is 1. The van der Waals surface area contributed by atoms with Crippen molar-refractivity contribution in [3.63, 3.8) is 0 Å². The number of fused-ring (bicyclic) bond motifs is 4. The van der Waals surface area contributed by atoms with E-state index < -0.39 is 5.60 Å². The van der Waals surface area contributed by atoms with Gasteiger partial charge in [0.05, 0.1) is 23.6 Å². The van der Waals surface area contributed by atoms with Crippen LogP contribution in [0, 0.1) is 11.3 Å². The second kappa shape index (κ2) is 8.64. The van der Waals surface area contributed by atoms with Crippen LogP contribution in [-0.4, -0.2) is 48.8 Å². The molecule has 1 spiro atoms. The first-order chi connectivity index (χ1) is 16.1. The number of amides is 1. The molecular weight excluding hydrogens is 418 g/mol. The molecule has 0 radical (unpaired) electrons. The molecule has 2 aromatic carbocycles. The number of hydrogen-bond acceptors (Lipinski definition) is 5. The van der Waals surface area contributed by atoms with Crippen LogP contribution >= 0.6 is 0 Å². The lowest BCUT2D eigenvalue weighted by Gasteiger charge is -2.45. The third kappa shape index (κ3) is 3.73. The van der Waals surface area contributed by atoms with Gasteiger partial charge in [-0.15, -0.1) is 0 Å². The quantitative estimate of drug-likeness (QED) is 0.559. The number of piperidine rings is 1. The fourth-order valence-electron chi connectivity index (χ4n) is 4.69. The summed E-state index contributed by atoms with van der Waals surface area (Å²) < 4.78 is 19.3. The monoisotopic (exact) mass is 443 g/mol. The number of hydrogen-bond donors (Lipinski definition) is 0. The van der Waals surface area contributed by atoms with E-state index in [1.807, 2.05) is 29.2 Å². The minimum absolute atomic E-state index is 0.0867. The molecule has 0 saturated carbocycles. The Bertz CT molecular complexity index is 1220. The first-order valence-electron chi connectivity index (χ1n) is 11.1. The first kappa shape index (κ1) is 21.1. The van der Waals surface area contributed by atoms with Gasteiger partial charge in [0, 0.05) is 44.8 Å². The molecule has 2 aliphatic rings. The summed E-state index contributed by atoms with van der Waals surface area (Å²) >= 11 is 0. The van der Waals surface area contributed by atoms with Crippen molar-refractivity contribution >= 4 is 5.91 Å². The maximum atomic E-state index is 13.2. The molecule has 3 heterocycles. The van der Waals surface area contributed by atoms with Crippen molar-refractivity contribution in [2.45, 2.75) is 18.4 Å². The highest BCUT2D eigenvalue weighted by molar-refractivity contribution is 5.95. The fraction of sp³-hybridized carbons (Fsp3) is 0.308. The Labute approximate surface area is 192 Å². The predicted octanol–water partition coefficient (Wildman–Crippen LogP) is 3.90. The number of nitrogens with zero attached hydrogens (tertiary/aromatic N) is 3. The van der Waals surface area contributed by atoms with Crippen LogP contribution in [0.4, 0.5) is 0 Å². The Morgan fingerprint density at radius 1 is 1.12 bits per heavy atom. The van der Waals surface area contributed by atoms with Gasteiger partial charge in [-0.3, -0.25) is 4.79 Å². The maximum Gasteiger partial charge on any atom is 0.253 e. The summed E-state index contributed by atoms with van der Waals surface area (Å²) in [7, 11) is 1.59. The number of para-hydroxylation sites is 2. The number of carbonyl (C=O) groups is 1. The zero-order valence-corrected chi connectivity index (χ0v) is 18.5. The summed E-state index contributed by atoms with van der Waals surface area (Å²) in [5.41, 5.74) is 2.54. The average Bonchev–Trinajstić information content (AvgIpc) is 3.36. The van der Waals surface area contributed by atoms with Crippen LogP contribution in [0.3, 0.4) is 0 Å². The van der Waals surface area contributed by atoms with Crippen molar-refractivity contribution in [1.82, 2.24) is 9.47 Å². The molecule has 2 aliphatic heterocycles. The minimum atomic E-state index is -0.453. The highest BCUT2D eigenvalue weighted by atomic mass is 16.5. The second-order valence-electron chi connectivity index (χ2n) is 8.28. The molecule has 3 aromatic rings. The number of methoxy groups -OCH3 is 1. The molecule has 1 fully saturated rings. The van der Waals surface area contributed by atoms with Crippen molar-refractivity contribution in [2.24, 2.45) is 0 Å². The molecule has 1 saturated heterocycles. The van der Waals surface area contributed by atoms with Crippen molar-refractivity contribution in [3.8, 4) is 23.3 Å². The smallest absolute Gasteiger partial charge is 0.253 e. The van der Waals surface area contributed by atoms with Gasteiger partial charge in [-0.2, -0.15) is 5.26 Å². The van der Waals surface area contributed by atoms with Crippen LogP contribution in [0.15, 0.2) is 60.8 Å². The lowest BCUT2D eigenvalue weighted by atomic mass is 9.86. The molecule has 1 amide bonds. The zero-order valence-electron chi connectivity index (χ0n) is 18.5. The van der Waals surface area contributed by atoms with E-state index >= 15 is 0 Å². The van der Waals surface area contributed by atoms with Gasteiger partial charge in [0.15, 0.2) is 5.60 Å². The number of likely N-dealkylation sites (tertiary alicyclic amines) is 1. The maximum absolute atomic E-state index is 13.2. The topological polar surface area (TPSA) is 76.7 Å². The minimum Gasteiger partial charge on any atom is -0.490 e. The molecule has 168 valence electrons. The summed E-state index contributed by atoms with van der Waals surface area (Å²) in [4.78, 5) is 15.1. The highest BCUT2D eigenvalue weighted by Gasteiger charge is 2.44. The fourth-order valence-corrected chi connectivity index (χ4v) is 4.69. The summed E-state index contributed by atoms with van der Waals surface area (Å²) in [5.74, 6) is 1.24. The Morgan fingerprint density at radius 3 is 2.73 bits per heavy atom. The Morgan fingerprint density at radius 2 is 1.94 bits per heavy atom. The normalized spacial score (nSPS) is 15.8. The SMILES string of the molecule is COCCOc1ccc(C(=O)N2CCC3(CC2)Oc2ccccc2-n2cccc23)cc1C#N. The van der Waals surface area contributed by atoms with Crippen LogP contribution in [-0.2, 0) is 10.3 Å². The number of benzene rings is 2. The van der Waals surface area contributed by atoms with Gasteiger partial charge in [0.2, 0.25) is 0 Å². The van der Waals surface area contributed by atoms with Crippen molar-refractivity contribution < 1.29 is 19.0 Å². The van der Waals surface area contributed by atoms with Crippen LogP contribution in [0.5, 0.6) is 11.5 Å². The van der Waals surface area contributed by atoms with Gasteiger partial charge in [0.25, 0.3) is 5.91 Å². The van der Waals surface area contributed by atoms with E-state index in [1.54, 1.807) is 25.3 Å².